The number of hydrogen-bond acceptors (Lipinski definition) is 4. The first kappa shape index (κ1) is 7.47. The maximum atomic E-state index is 4.11. The van der Waals surface area contributed by atoms with E-state index < -0.39 is 0 Å². The number of nitrogens with one attached hydrogen (secondary N) is 2. The maximum Gasteiger partial charge on any atom is 0.162 e. The second kappa shape index (κ2) is 3.48. The highest BCUT2D eigenvalue weighted by Crippen LogP contribution is 1.91. The average molecular weight is 162 g/mol. The molecule has 0 spiro atoms. The quantitative estimate of drug-likeness (QED) is 0.448. The molecule has 0 bridgehead atoms. The Bertz CT molecular complexity index is 245. The summed E-state index contributed by atoms with van der Waals surface area (Å²) in [7, 11) is 0. The molecule has 2 rings (SSSR count). The number of nitrogens with zero attached hydrogens (tertiary/aromatic N) is 2. The summed E-state index contributed by atoms with van der Waals surface area (Å²) in [5.41, 5.74) is 0. The van der Waals surface area contributed by atoms with Crippen molar-refractivity contribution < 1.29 is 0 Å². The summed E-state index contributed by atoms with van der Waals surface area (Å²) >= 11 is 0. The smallest absolute Gasteiger partial charge is 0.162 e. The van der Waals surface area contributed by atoms with Crippen molar-refractivity contribution in [1.29, 1.82) is 0 Å². The first-order valence-corrected chi connectivity index (χ1v) is 3.96. The summed E-state index contributed by atoms with van der Waals surface area (Å²) in [6.45, 7) is 1.64. The predicted molar refractivity (Wildman–Crippen MR) is 48.3 cm³/mol. The Balaban J connectivity index is 1.90. The van der Waals surface area contributed by atoms with Gasteiger partial charge in [-0.15, -0.1) is 0 Å². The molecule has 0 fully saturated rings. The Labute approximate surface area is 71.2 Å². The third-order valence-electron chi connectivity index (χ3n) is 1.67. The van der Waals surface area contributed by atoms with E-state index in [1.54, 1.807) is 0 Å². The zero-order chi connectivity index (χ0) is 8.23. The van der Waals surface area contributed by atoms with Gasteiger partial charge in [-0.3, -0.25) is 20.6 Å². The van der Waals surface area contributed by atoms with E-state index in [-0.39, 0.29) is 12.3 Å². The van der Waals surface area contributed by atoms with E-state index in [0.717, 1.165) is 13.1 Å². The van der Waals surface area contributed by atoms with Crippen LogP contribution in [0.15, 0.2) is 9.98 Å². The predicted octanol–water partition coefficient (Wildman–Crippen LogP) is -1.01. The SMILES string of the molecule is C(#CC1N=CCN1)C1N=CCN1. The zero-order valence-corrected chi connectivity index (χ0v) is 6.62. The van der Waals surface area contributed by atoms with Crippen molar-refractivity contribution in [3.05, 3.63) is 0 Å². The summed E-state index contributed by atoms with van der Waals surface area (Å²) in [4.78, 5) is 8.21. The van der Waals surface area contributed by atoms with Crippen LogP contribution in [0.1, 0.15) is 0 Å². The molecule has 0 saturated heterocycles. The van der Waals surface area contributed by atoms with Crippen molar-refractivity contribution >= 4 is 12.4 Å². The van der Waals surface area contributed by atoms with Gasteiger partial charge in [-0.1, -0.05) is 11.8 Å². The summed E-state index contributed by atoms with van der Waals surface area (Å²) in [6.07, 6.45) is 3.63. The van der Waals surface area contributed by atoms with Gasteiger partial charge in [0.1, 0.15) is 0 Å². The van der Waals surface area contributed by atoms with Crippen molar-refractivity contribution in [2.24, 2.45) is 9.98 Å². The van der Waals surface area contributed by atoms with Crippen LogP contribution in [0, 0.1) is 11.8 Å². The highest BCUT2D eigenvalue weighted by atomic mass is 15.1. The molecular formula is C8H10N4. The van der Waals surface area contributed by atoms with E-state index in [1.807, 2.05) is 12.4 Å². The third kappa shape index (κ3) is 1.70. The fraction of sp³-hybridized carbons (Fsp3) is 0.500. The molecule has 2 N–H and O–H groups in total. The molecule has 12 heavy (non-hydrogen) atoms. The Hall–Kier alpha value is -1.18. The molecule has 0 aromatic heterocycles. The second-order valence-corrected chi connectivity index (χ2v) is 2.57. The fourth-order valence-corrected chi connectivity index (χ4v) is 1.08. The largest absolute Gasteiger partial charge is 0.281 e. The summed E-state index contributed by atoms with van der Waals surface area (Å²) in [5.74, 6) is 5.98. The van der Waals surface area contributed by atoms with Gasteiger partial charge >= 0.3 is 0 Å². The molecule has 62 valence electrons. The summed E-state index contributed by atoms with van der Waals surface area (Å²) < 4.78 is 0. The summed E-state index contributed by atoms with van der Waals surface area (Å²) in [5, 5.41) is 6.21. The molecule has 2 heterocycles. The Morgan fingerprint density at radius 1 is 1.00 bits per heavy atom. The monoisotopic (exact) mass is 162 g/mol. The Morgan fingerprint density at radius 3 is 1.83 bits per heavy atom. The van der Waals surface area contributed by atoms with Crippen LogP contribution in [-0.2, 0) is 0 Å². The maximum absolute atomic E-state index is 4.11. The van der Waals surface area contributed by atoms with E-state index in [4.69, 9.17) is 0 Å². The third-order valence-corrected chi connectivity index (χ3v) is 1.67. The van der Waals surface area contributed by atoms with Gasteiger partial charge in [0.05, 0.1) is 0 Å². The molecule has 0 amide bonds. The van der Waals surface area contributed by atoms with E-state index in [9.17, 15) is 0 Å². The Kier molecular flexibility index (Phi) is 2.16. The van der Waals surface area contributed by atoms with E-state index >= 15 is 0 Å². The first-order chi connectivity index (χ1) is 5.95. The van der Waals surface area contributed by atoms with Gasteiger partial charge in [0.25, 0.3) is 0 Å². The molecule has 4 nitrogen and oxygen atoms in total. The van der Waals surface area contributed by atoms with Crippen molar-refractivity contribution in [3.8, 4) is 11.8 Å². The fourth-order valence-electron chi connectivity index (χ4n) is 1.08. The van der Waals surface area contributed by atoms with Crippen LogP contribution in [-0.4, -0.2) is 37.9 Å². The van der Waals surface area contributed by atoms with Gasteiger partial charge in [-0.05, 0) is 0 Å². The van der Waals surface area contributed by atoms with Gasteiger partial charge < -0.3 is 0 Å². The molecule has 0 radical (unpaired) electrons. The normalized spacial score (nSPS) is 32.0. The van der Waals surface area contributed by atoms with Gasteiger partial charge in [-0.25, -0.2) is 0 Å². The molecule has 2 unspecified atom stereocenters. The van der Waals surface area contributed by atoms with Gasteiger partial charge in [-0.2, -0.15) is 0 Å². The van der Waals surface area contributed by atoms with Crippen molar-refractivity contribution in [3.63, 3.8) is 0 Å². The lowest BCUT2D eigenvalue weighted by molar-refractivity contribution is 0.719. The molecule has 0 saturated carbocycles. The molecule has 0 aliphatic carbocycles. The zero-order valence-electron chi connectivity index (χ0n) is 6.62. The lowest BCUT2D eigenvalue weighted by atomic mass is 10.4. The number of rotatable bonds is 0. The molecule has 2 atom stereocenters. The van der Waals surface area contributed by atoms with E-state index in [0.29, 0.717) is 0 Å². The average Bonchev–Trinajstić information content (AvgIpc) is 2.74. The minimum atomic E-state index is -0.0254. The first-order valence-electron chi connectivity index (χ1n) is 3.96. The lowest BCUT2D eigenvalue weighted by Gasteiger charge is -1.98. The topological polar surface area (TPSA) is 48.8 Å². The molecule has 2 aliphatic heterocycles. The number of hydrogen-bond donors (Lipinski definition) is 2. The van der Waals surface area contributed by atoms with Crippen LogP contribution in [0.25, 0.3) is 0 Å². The minimum absolute atomic E-state index is 0.0254. The standard InChI is InChI=1S/C8H10N4/c1(7-9-3-4-10-7)2-8-11-5-6-12-8/h3,5,7-8,10,12H,4,6H2. The van der Waals surface area contributed by atoms with Crippen LogP contribution >= 0.6 is 0 Å². The Morgan fingerprint density at radius 2 is 1.50 bits per heavy atom. The van der Waals surface area contributed by atoms with E-state index in [1.165, 1.54) is 0 Å². The van der Waals surface area contributed by atoms with Crippen LogP contribution in [0.5, 0.6) is 0 Å². The number of aliphatic imine (C=N–C) groups is 2. The van der Waals surface area contributed by atoms with E-state index in [2.05, 4.69) is 32.5 Å². The van der Waals surface area contributed by atoms with Crippen LogP contribution in [0.3, 0.4) is 0 Å². The van der Waals surface area contributed by atoms with Gasteiger partial charge in [0, 0.05) is 25.5 Å². The molecule has 2 aliphatic rings. The van der Waals surface area contributed by atoms with Crippen LogP contribution in [0.4, 0.5) is 0 Å². The second-order valence-electron chi connectivity index (χ2n) is 2.57. The highest BCUT2D eigenvalue weighted by molar-refractivity contribution is 5.63. The molecule has 0 aromatic rings. The molecular weight excluding hydrogens is 152 g/mol. The van der Waals surface area contributed by atoms with Gasteiger partial charge in [0.2, 0.25) is 0 Å². The van der Waals surface area contributed by atoms with Gasteiger partial charge in [0.15, 0.2) is 12.3 Å². The van der Waals surface area contributed by atoms with Crippen molar-refractivity contribution in [1.82, 2.24) is 10.6 Å². The molecule has 4 heteroatoms. The van der Waals surface area contributed by atoms with Crippen LogP contribution in [0.2, 0.25) is 0 Å². The molecule has 0 aromatic carbocycles. The van der Waals surface area contributed by atoms with Crippen molar-refractivity contribution in [2.45, 2.75) is 12.3 Å². The van der Waals surface area contributed by atoms with Crippen molar-refractivity contribution in [2.75, 3.05) is 13.1 Å². The van der Waals surface area contributed by atoms with Crippen LogP contribution < -0.4 is 10.6 Å². The summed E-state index contributed by atoms with van der Waals surface area (Å²) in [6, 6.07) is 0. The highest BCUT2D eigenvalue weighted by Gasteiger charge is 2.07. The minimum Gasteiger partial charge on any atom is -0.281 e. The lowest BCUT2D eigenvalue weighted by Crippen LogP contribution is -2.23.